The molecule has 3 N–H and O–H groups in total. The average Bonchev–Trinajstić information content (AvgIpc) is 2.35. The van der Waals surface area contributed by atoms with Crippen molar-refractivity contribution in [2.75, 3.05) is 5.75 Å². The van der Waals surface area contributed by atoms with E-state index in [1.807, 2.05) is 13.8 Å². The van der Waals surface area contributed by atoms with Crippen LogP contribution in [0.4, 0.5) is 4.70 Å². The SMILES string of the molecule is C=CC(=O)O.CC.CCCCCCCCS(N)(=O)=O.F. The topological polar surface area (TPSA) is 97.5 Å². The van der Waals surface area contributed by atoms with Gasteiger partial charge in [0.15, 0.2) is 0 Å². The third kappa shape index (κ3) is 43.5. The smallest absolute Gasteiger partial charge is 0.327 e. The fraction of sp³-hybridized carbons (Fsp3) is 0.769. The van der Waals surface area contributed by atoms with Crippen LogP contribution in [0.25, 0.3) is 0 Å². The number of primary sulfonamides is 1. The van der Waals surface area contributed by atoms with E-state index < -0.39 is 16.0 Å². The van der Waals surface area contributed by atoms with Crippen molar-refractivity contribution >= 4 is 16.0 Å². The molecule has 0 rings (SSSR count). The molecule has 0 saturated carbocycles. The Morgan fingerprint density at radius 1 is 1.15 bits per heavy atom. The zero-order chi connectivity index (χ0) is 15.7. The molecule has 0 unspecified atom stereocenters. The molecule has 0 radical (unpaired) electrons. The third-order valence-electron chi connectivity index (χ3n) is 1.96. The van der Waals surface area contributed by atoms with Gasteiger partial charge in [-0.05, 0) is 6.42 Å². The molecule has 0 aliphatic heterocycles. The monoisotopic (exact) mass is 315 g/mol. The van der Waals surface area contributed by atoms with Gasteiger partial charge in [0.1, 0.15) is 0 Å². The first-order valence-electron chi connectivity index (χ1n) is 6.69. The van der Waals surface area contributed by atoms with Gasteiger partial charge in [0.05, 0.1) is 5.75 Å². The molecule has 20 heavy (non-hydrogen) atoms. The van der Waals surface area contributed by atoms with Gasteiger partial charge in [0.25, 0.3) is 0 Å². The number of carboxylic acids is 1. The summed E-state index contributed by atoms with van der Waals surface area (Å²) in [4.78, 5) is 9.25. The molecule has 0 aliphatic rings. The molecule has 0 spiro atoms. The Morgan fingerprint density at radius 3 is 1.80 bits per heavy atom. The van der Waals surface area contributed by atoms with Crippen molar-refractivity contribution < 1.29 is 23.0 Å². The normalized spacial score (nSPS) is 9.00. The number of carbonyl (C=O) groups is 1. The molecule has 124 valence electrons. The van der Waals surface area contributed by atoms with E-state index in [9.17, 15) is 13.2 Å². The minimum Gasteiger partial charge on any atom is -0.478 e. The summed E-state index contributed by atoms with van der Waals surface area (Å²) in [5.41, 5.74) is 0. The zero-order valence-corrected chi connectivity index (χ0v) is 13.6. The van der Waals surface area contributed by atoms with Gasteiger partial charge in [-0.15, -0.1) is 0 Å². The highest BCUT2D eigenvalue weighted by molar-refractivity contribution is 7.89. The Bertz CT molecular complexity index is 305. The summed E-state index contributed by atoms with van der Waals surface area (Å²) in [7, 11) is -3.22. The molecule has 0 atom stereocenters. The number of hydrogen-bond donors (Lipinski definition) is 2. The maximum Gasteiger partial charge on any atom is 0.327 e. The van der Waals surface area contributed by atoms with Crippen LogP contribution in [0.15, 0.2) is 12.7 Å². The molecule has 7 heteroatoms. The van der Waals surface area contributed by atoms with Gasteiger partial charge in [-0.3, -0.25) is 4.70 Å². The minimum atomic E-state index is -3.22. The zero-order valence-electron chi connectivity index (χ0n) is 12.8. The van der Waals surface area contributed by atoms with Crippen molar-refractivity contribution in [3.63, 3.8) is 0 Å². The number of hydrogen-bond acceptors (Lipinski definition) is 3. The molecular weight excluding hydrogens is 285 g/mol. The fourth-order valence-corrected chi connectivity index (χ4v) is 1.69. The Labute approximate surface area is 122 Å². The highest BCUT2D eigenvalue weighted by Crippen LogP contribution is 2.05. The van der Waals surface area contributed by atoms with Crippen LogP contribution >= 0.6 is 0 Å². The van der Waals surface area contributed by atoms with Crippen LogP contribution in [0.2, 0.25) is 0 Å². The van der Waals surface area contributed by atoms with E-state index in [0.717, 1.165) is 18.9 Å². The largest absolute Gasteiger partial charge is 0.478 e. The number of aliphatic carboxylic acids is 1. The van der Waals surface area contributed by atoms with Gasteiger partial charge < -0.3 is 5.11 Å². The Kier molecular flexibility index (Phi) is 27.9. The van der Waals surface area contributed by atoms with E-state index in [0.29, 0.717) is 6.42 Å². The summed E-state index contributed by atoms with van der Waals surface area (Å²) in [6.45, 7) is 9.12. The van der Waals surface area contributed by atoms with E-state index in [1.54, 1.807) is 0 Å². The highest BCUT2D eigenvalue weighted by Gasteiger charge is 2.00. The molecule has 5 nitrogen and oxygen atoms in total. The summed E-state index contributed by atoms with van der Waals surface area (Å²) in [6.07, 6.45) is 7.33. The quantitative estimate of drug-likeness (QED) is 0.531. The molecule has 0 aromatic carbocycles. The van der Waals surface area contributed by atoms with Crippen molar-refractivity contribution in [1.82, 2.24) is 0 Å². The lowest BCUT2D eigenvalue weighted by Crippen LogP contribution is -2.16. The number of rotatable bonds is 8. The summed E-state index contributed by atoms with van der Waals surface area (Å²) < 4.78 is 21.0. The van der Waals surface area contributed by atoms with Crippen LogP contribution in [-0.4, -0.2) is 25.2 Å². The molecule has 0 amide bonds. The second-order valence-electron chi connectivity index (χ2n) is 3.68. The number of halogens is 1. The van der Waals surface area contributed by atoms with Gasteiger partial charge in [-0.25, -0.2) is 18.4 Å². The van der Waals surface area contributed by atoms with E-state index in [-0.39, 0.29) is 10.5 Å². The van der Waals surface area contributed by atoms with Gasteiger partial charge in [-0.1, -0.05) is 59.5 Å². The standard InChI is InChI=1S/C8H19NO2S.C3H4O2.C2H6.FH/c1-2-3-4-5-6-7-8-12(9,10)11;1-2-3(4)5;1-2;/h2-8H2,1H3,(H2,9,10,11);2H,1H2,(H,4,5);1-2H3;1H. The molecular formula is C13H30FNO4S. The van der Waals surface area contributed by atoms with Gasteiger partial charge in [-0.2, -0.15) is 0 Å². The van der Waals surface area contributed by atoms with Gasteiger partial charge >= 0.3 is 5.97 Å². The van der Waals surface area contributed by atoms with E-state index in [4.69, 9.17) is 10.2 Å². The van der Waals surface area contributed by atoms with Crippen molar-refractivity contribution in [2.24, 2.45) is 5.14 Å². The second-order valence-corrected chi connectivity index (χ2v) is 5.41. The number of unbranched alkanes of at least 4 members (excludes halogenated alkanes) is 5. The first-order valence-corrected chi connectivity index (χ1v) is 8.40. The van der Waals surface area contributed by atoms with E-state index in [2.05, 4.69) is 13.5 Å². The fourth-order valence-electron chi connectivity index (χ4n) is 1.08. The molecule has 0 aliphatic carbocycles. The maximum absolute atomic E-state index is 10.5. The first kappa shape index (κ1) is 27.4. The second kappa shape index (κ2) is 20.4. The molecule has 0 saturated heterocycles. The number of carboxylic acid groups (broad SMARTS) is 1. The highest BCUT2D eigenvalue weighted by atomic mass is 32.2. The Hall–Kier alpha value is -0.950. The molecule has 0 bridgehead atoms. The Morgan fingerprint density at radius 2 is 1.50 bits per heavy atom. The molecule has 0 aromatic heterocycles. The summed E-state index contributed by atoms with van der Waals surface area (Å²) in [5, 5.41) is 12.5. The molecule has 0 heterocycles. The van der Waals surface area contributed by atoms with Crippen molar-refractivity contribution in [3.05, 3.63) is 12.7 Å². The summed E-state index contributed by atoms with van der Waals surface area (Å²) in [6, 6.07) is 0. The predicted octanol–water partition coefficient (Wildman–Crippen LogP) is 3.07. The Balaban J connectivity index is -0.000000136. The third-order valence-corrected chi connectivity index (χ3v) is 2.81. The van der Waals surface area contributed by atoms with E-state index in [1.165, 1.54) is 19.3 Å². The first-order chi connectivity index (χ1) is 8.83. The van der Waals surface area contributed by atoms with Crippen LogP contribution < -0.4 is 5.14 Å². The molecule has 0 fully saturated rings. The van der Waals surface area contributed by atoms with E-state index >= 15 is 0 Å². The lowest BCUT2D eigenvalue weighted by molar-refractivity contribution is -0.131. The summed E-state index contributed by atoms with van der Waals surface area (Å²) >= 11 is 0. The minimum absolute atomic E-state index is 0. The van der Waals surface area contributed by atoms with Crippen LogP contribution in [0.1, 0.15) is 59.3 Å². The van der Waals surface area contributed by atoms with Gasteiger partial charge in [0, 0.05) is 6.08 Å². The predicted molar refractivity (Wildman–Crippen MR) is 83.0 cm³/mol. The van der Waals surface area contributed by atoms with Crippen molar-refractivity contribution in [3.8, 4) is 0 Å². The van der Waals surface area contributed by atoms with Crippen molar-refractivity contribution in [2.45, 2.75) is 59.3 Å². The lowest BCUT2D eigenvalue weighted by atomic mass is 10.1. The number of sulfonamides is 1. The van der Waals surface area contributed by atoms with Crippen LogP contribution in [-0.2, 0) is 14.8 Å². The van der Waals surface area contributed by atoms with Crippen LogP contribution in [0, 0.1) is 0 Å². The number of nitrogens with two attached hydrogens (primary N) is 1. The van der Waals surface area contributed by atoms with Gasteiger partial charge in [0.2, 0.25) is 10.0 Å². The van der Waals surface area contributed by atoms with Crippen LogP contribution in [0.3, 0.4) is 0 Å². The molecule has 0 aromatic rings. The van der Waals surface area contributed by atoms with Crippen LogP contribution in [0.5, 0.6) is 0 Å². The lowest BCUT2D eigenvalue weighted by Gasteiger charge is -1.98. The summed E-state index contributed by atoms with van der Waals surface area (Å²) in [5.74, 6) is -0.843. The average molecular weight is 315 g/mol. The van der Waals surface area contributed by atoms with Crippen molar-refractivity contribution in [1.29, 1.82) is 0 Å². The maximum atomic E-state index is 10.5.